The normalized spacial score (nSPS) is 12.8. The predicted molar refractivity (Wildman–Crippen MR) is 69.8 cm³/mol. The molecule has 17 heavy (non-hydrogen) atoms. The fraction of sp³-hybridized carbons (Fsp3) is 0.385. The van der Waals surface area contributed by atoms with Crippen LogP contribution < -0.4 is 10.6 Å². The summed E-state index contributed by atoms with van der Waals surface area (Å²) in [5.41, 5.74) is 3.13. The molecule has 4 heteroatoms. The van der Waals surface area contributed by atoms with Crippen LogP contribution in [0.3, 0.4) is 0 Å². The highest BCUT2D eigenvalue weighted by atomic mass is 15.0. The van der Waals surface area contributed by atoms with Crippen molar-refractivity contribution in [2.75, 3.05) is 13.6 Å². The van der Waals surface area contributed by atoms with Crippen LogP contribution in [0.2, 0.25) is 0 Å². The standard InChI is InChI=1S/C13H18N4/c1-10(8-14-2)17-9-11-4-3-5-12-13(11)16-7-6-15-12/h3-7,10,14,17H,8-9H2,1-2H3. The van der Waals surface area contributed by atoms with Crippen LogP contribution in [0, 0.1) is 0 Å². The molecular formula is C13H18N4. The molecule has 0 aliphatic carbocycles. The minimum Gasteiger partial charge on any atom is -0.318 e. The van der Waals surface area contributed by atoms with Gasteiger partial charge in [0.1, 0.15) is 0 Å². The van der Waals surface area contributed by atoms with Gasteiger partial charge >= 0.3 is 0 Å². The third-order valence-corrected chi connectivity index (χ3v) is 2.73. The molecule has 0 fully saturated rings. The zero-order valence-corrected chi connectivity index (χ0v) is 10.3. The lowest BCUT2D eigenvalue weighted by Crippen LogP contribution is -2.34. The molecule has 4 nitrogen and oxygen atoms in total. The Morgan fingerprint density at radius 2 is 2.06 bits per heavy atom. The molecule has 0 bridgehead atoms. The number of para-hydroxylation sites is 1. The molecule has 1 unspecified atom stereocenters. The average Bonchev–Trinajstić information content (AvgIpc) is 2.36. The van der Waals surface area contributed by atoms with Gasteiger partial charge in [-0.25, -0.2) is 0 Å². The Bertz CT molecular complexity index is 478. The van der Waals surface area contributed by atoms with Gasteiger partial charge in [0.15, 0.2) is 0 Å². The maximum Gasteiger partial charge on any atom is 0.0931 e. The number of benzene rings is 1. The van der Waals surface area contributed by atoms with Crippen LogP contribution in [0.15, 0.2) is 30.6 Å². The Kier molecular flexibility index (Phi) is 4.01. The largest absolute Gasteiger partial charge is 0.318 e. The molecule has 90 valence electrons. The van der Waals surface area contributed by atoms with Crippen LogP contribution in [0.4, 0.5) is 0 Å². The van der Waals surface area contributed by atoms with Gasteiger partial charge in [0.25, 0.3) is 0 Å². The topological polar surface area (TPSA) is 49.8 Å². The lowest BCUT2D eigenvalue weighted by Gasteiger charge is -2.13. The summed E-state index contributed by atoms with van der Waals surface area (Å²) in [5.74, 6) is 0. The second kappa shape index (κ2) is 5.70. The van der Waals surface area contributed by atoms with Crippen LogP contribution in [-0.4, -0.2) is 29.6 Å². The van der Waals surface area contributed by atoms with E-state index in [0.717, 1.165) is 24.1 Å². The van der Waals surface area contributed by atoms with Gasteiger partial charge in [-0.3, -0.25) is 9.97 Å². The first-order chi connectivity index (χ1) is 8.31. The summed E-state index contributed by atoms with van der Waals surface area (Å²) in [7, 11) is 1.96. The van der Waals surface area contributed by atoms with Gasteiger partial charge in [-0.1, -0.05) is 12.1 Å². The summed E-state index contributed by atoms with van der Waals surface area (Å²) in [6.07, 6.45) is 3.46. The number of likely N-dealkylation sites (N-methyl/N-ethyl adjacent to an activating group) is 1. The van der Waals surface area contributed by atoms with Crippen molar-refractivity contribution in [3.63, 3.8) is 0 Å². The first-order valence-electron chi connectivity index (χ1n) is 5.88. The van der Waals surface area contributed by atoms with Crippen LogP contribution >= 0.6 is 0 Å². The summed E-state index contributed by atoms with van der Waals surface area (Å²) < 4.78 is 0. The molecule has 2 N–H and O–H groups in total. The highest BCUT2D eigenvalue weighted by Crippen LogP contribution is 2.13. The van der Waals surface area contributed by atoms with Crippen molar-refractivity contribution < 1.29 is 0 Å². The Morgan fingerprint density at radius 3 is 2.88 bits per heavy atom. The van der Waals surface area contributed by atoms with Crippen molar-refractivity contribution in [2.24, 2.45) is 0 Å². The maximum absolute atomic E-state index is 4.39. The van der Waals surface area contributed by atoms with E-state index in [1.807, 2.05) is 19.2 Å². The summed E-state index contributed by atoms with van der Waals surface area (Å²) >= 11 is 0. The molecule has 2 rings (SSSR count). The Hall–Kier alpha value is -1.52. The van der Waals surface area contributed by atoms with E-state index in [1.54, 1.807) is 12.4 Å². The maximum atomic E-state index is 4.39. The first-order valence-corrected chi connectivity index (χ1v) is 5.88. The zero-order chi connectivity index (χ0) is 12.1. The summed E-state index contributed by atoms with van der Waals surface area (Å²) in [5, 5.41) is 6.61. The smallest absolute Gasteiger partial charge is 0.0931 e. The Labute approximate surface area is 101 Å². The van der Waals surface area contributed by atoms with Crippen molar-refractivity contribution in [1.82, 2.24) is 20.6 Å². The lowest BCUT2D eigenvalue weighted by atomic mass is 10.1. The lowest BCUT2D eigenvalue weighted by molar-refractivity contribution is 0.524. The molecule has 0 radical (unpaired) electrons. The van der Waals surface area contributed by atoms with Crippen molar-refractivity contribution >= 4 is 11.0 Å². The number of fused-ring (bicyclic) bond motifs is 1. The van der Waals surface area contributed by atoms with Crippen LogP contribution in [0.25, 0.3) is 11.0 Å². The molecule has 1 aromatic carbocycles. The van der Waals surface area contributed by atoms with E-state index in [0.29, 0.717) is 6.04 Å². The van der Waals surface area contributed by atoms with Gasteiger partial charge in [0.2, 0.25) is 0 Å². The Balaban J connectivity index is 2.13. The molecule has 0 amide bonds. The predicted octanol–water partition coefficient (Wildman–Crippen LogP) is 1.33. The third kappa shape index (κ3) is 2.99. The molecule has 1 aromatic heterocycles. The van der Waals surface area contributed by atoms with Gasteiger partial charge in [-0.15, -0.1) is 0 Å². The summed E-state index contributed by atoms with van der Waals surface area (Å²) in [4.78, 5) is 8.69. The molecule has 0 aliphatic rings. The minimum atomic E-state index is 0.437. The second-order valence-corrected chi connectivity index (χ2v) is 4.18. The fourth-order valence-electron chi connectivity index (χ4n) is 1.86. The van der Waals surface area contributed by atoms with Crippen LogP contribution in [0.1, 0.15) is 12.5 Å². The van der Waals surface area contributed by atoms with Crippen molar-refractivity contribution in [3.8, 4) is 0 Å². The van der Waals surface area contributed by atoms with Gasteiger partial charge in [-0.2, -0.15) is 0 Å². The van der Waals surface area contributed by atoms with Crippen molar-refractivity contribution in [1.29, 1.82) is 0 Å². The van der Waals surface area contributed by atoms with Crippen molar-refractivity contribution in [2.45, 2.75) is 19.5 Å². The summed E-state index contributed by atoms with van der Waals surface area (Å²) in [6, 6.07) is 6.54. The van der Waals surface area contributed by atoms with Crippen molar-refractivity contribution in [3.05, 3.63) is 36.2 Å². The Morgan fingerprint density at radius 1 is 1.24 bits per heavy atom. The van der Waals surface area contributed by atoms with Crippen LogP contribution in [0.5, 0.6) is 0 Å². The molecule has 0 spiro atoms. The molecule has 0 saturated heterocycles. The monoisotopic (exact) mass is 230 g/mol. The molecule has 0 saturated carbocycles. The number of nitrogens with one attached hydrogen (secondary N) is 2. The number of aromatic nitrogens is 2. The van der Waals surface area contributed by atoms with Crippen LogP contribution in [-0.2, 0) is 6.54 Å². The molecule has 1 heterocycles. The van der Waals surface area contributed by atoms with E-state index in [-0.39, 0.29) is 0 Å². The van der Waals surface area contributed by atoms with E-state index in [4.69, 9.17) is 0 Å². The molecular weight excluding hydrogens is 212 g/mol. The first kappa shape index (κ1) is 12.0. The molecule has 2 aromatic rings. The van der Waals surface area contributed by atoms with Gasteiger partial charge < -0.3 is 10.6 Å². The zero-order valence-electron chi connectivity index (χ0n) is 10.3. The quantitative estimate of drug-likeness (QED) is 0.813. The SMILES string of the molecule is CNCC(C)NCc1cccc2nccnc12. The highest BCUT2D eigenvalue weighted by molar-refractivity contribution is 5.77. The molecule has 0 aliphatic heterocycles. The van der Waals surface area contributed by atoms with E-state index in [1.165, 1.54) is 5.56 Å². The second-order valence-electron chi connectivity index (χ2n) is 4.18. The van der Waals surface area contributed by atoms with E-state index >= 15 is 0 Å². The van der Waals surface area contributed by atoms with E-state index < -0.39 is 0 Å². The highest BCUT2D eigenvalue weighted by Gasteiger charge is 2.04. The average molecular weight is 230 g/mol. The number of hydrogen-bond acceptors (Lipinski definition) is 4. The third-order valence-electron chi connectivity index (χ3n) is 2.73. The van der Waals surface area contributed by atoms with E-state index in [9.17, 15) is 0 Å². The minimum absolute atomic E-state index is 0.437. The van der Waals surface area contributed by atoms with E-state index in [2.05, 4.69) is 33.6 Å². The van der Waals surface area contributed by atoms with Gasteiger partial charge in [0.05, 0.1) is 11.0 Å². The molecule has 1 atom stereocenters. The number of hydrogen-bond donors (Lipinski definition) is 2. The van der Waals surface area contributed by atoms with Gasteiger partial charge in [-0.05, 0) is 25.6 Å². The van der Waals surface area contributed by atoms with Gasteiger partial charge in [0, 0.05) is 31.5 Å². The number of rotatable bonds is 5. The fourth-order valence-corrected chi connectivity index (χ4v) is 1.86. The summed E-state index contributed by atoms with van der Waals surface area (Å²) in [6.45, 7) is 3.93. The number of nitrogens with zero attached hydrogens (tertiary/aromatic N) is 2.